The molecule has 1 aromatic heterocycles. The summed E-state index contributed by atoms with van der Waals surface area (Å²) in [5, 5.41) is 14.9. The van der Waals surface area contributed by atoms with E-state index in [1.165, 1.54) is 6.92 Å². The number of halogens is 1. The minimum Gasteiger partial charge on any atom is -0.480 e. The molecule has 1 atom stereocenters. The molecule has 0 aliphatic rings. The molecule has 3 aromatic rings. The molecule has 8 heteroatoms. The van der Waals surface area contributed by atoms with Gasteiger partial charge in [0.05, 0.1) is 5.69 Å². The summed E-state index contributed by atoms with van der Waals surface area (Å²) in [6, 6.07) is 13.7. The summed E-state index contributed by atoms with van der Waals surface area (Å²) in [5.41, 5.74) is 3.28. The van der Waals surface area contributed by atoms with Crippen LogP contribution >= 0.6 is 22.9 Å². The number of carboxylic acid groups (broad SMARTS) is 1. The van der Waals surface area contributed by atoms with Gasteiger partial charge in [-0.15, -0.1) is 17.9 Å². The molecule has 160 valence electrons. The van der Waals surface area contributed by atoms with Gasteiger partial charge < -0.3 is 15.3 Å². The van der Waals surface area contributed by atoms with Crippen molar-refractivity contribution in [3.8, 4) is 11.3 Å². The molecule has 0 radical (unpaired) electrons. The predicted molar refractivity (Wildman–Crippen MR) is 125 cm³/mol. The quantitative estimate of drug-likeness (QED) is 0.450. The Hall–Kier alpha value is -3.16. The van der Waals surface area contributed by atoms with Gasteiger partial charge in [0.15, 0.2) is 5.13 Å². The van der Waals surface area contributed by atoms with Crippen LogP contribution < -0.4 is 10.2 Å². The third-order valence-corrected chi connectivity index (χ3v) is 5.71. The second-order valence-electron chi connectivity index (χ2n) is 6.92. The van der Waals surface area contributed by atoms with Gasteiger partial charge in [-0.1, -0.05) is 41.9 Å². The Morgan fingerprint density at radius 3 is 2.52 bits per heavy atom. The van der Waals surface area contributed by atoms with E-state index in [1.54, 1.807) is 23.5 Å². The Morgan fingerprint density at radius 1 is 1.23 bits per heavy atom. The summed E-state index contributed by atoms with van der Waals surface area (Å²) >= 11 is 7.51. The lowest BCUT2D eigenvalue weighted by molar-refractivity contribution is -0.138. The van der Waals surface area contributed by atoms with E-state index in [-0.39, 0.29) is 0 Å². The molecule has 1 amide bonds. The summed E-state index contributed by atoms with van der Waals surface area (Å²) in [4.78, 5) is 29.9. The molecule has 0 fully saturated rings. The highest BCUT2D eigenvalue weighted by Gasteiger charge is 2.16. The molecule has 0 bridgehead atoms. The van der Waals surface area contributed by atoms with Crippen molar-refractivity contribution in [3.05, 3.63) is 82.7 Å². The monoisotopic (exact) mass is 455 g/mol. The number of nitrogens with one attached hydrogen (secondary N) is 1. The van der Waals surface area contributed by atoms with Crippen LogP contribution in [0.15, 0.2) is 66.6 Å². The molecular weight excluding hydrogens is 434 g/mol. The van der Waals surface area contributed by atoms with Gasteiger partial charge in [0, 0.05) is 34.6 Å². The minimum absolute atomic E-state index is 0.409. The largest absolute Gasteiger partial charge is 0.480 e. The van der Waals surface area contributed by atoms with Crippen LogP contribution in [0.25, 0.3) is 11.3 Å². The predicted octanol–water partition coefficient (Wildman–Crippen LogP) is 4.86. The first-order chi connectivity index (χ1) is 14.9. The molecule has 31 heavy (non-hydrogen) atoms. The third-order valence-electron chi connectivity index (χ3n) is 4.56. The van der Waals surface area contributed by atoms with Gasteiger partial charge in [0.25, 0.3) is 5.91 Å². The number of aliphatic carboxylic acids is 1. The number of hydrogen-bond acceptors (Lipinski definition) is 5. The number of benzene rings is 2. The normalized spacial score (nSPS) is 11.5. The van der Waals surface area contributed by atoms with E-state index in [2.05, 4.69) is 16.8 Å². The number of aromatic nitrogens is 1. The molecule has 0 saturated carbocycles. The lowest BCUT2D eigenvalue weighted by atomic mass is 10.1. The van der Waals surface area contributed by atoms with Gasteiger partial charge in [-0.25, -0.2) is 4.98 Å². The SMILES string of the molecule is C=CCN(Cc1ccc(C(=O)NC(C)C(=O)O)cc1)c1nc(-c2ccc(Cl)cc2)cs1. The maximum absolute atomic E-state index is 12.2. The van der Waals surface area contributed by atoms with Crippen molar-refractivity contribution >= 4 is 39.9 Å². The zero-order valence-electron chi connectivity index (χ0n) is 16.9. The van der Waals surface area contributed by atoms with Gasteiger partial charge in [-0.05, 0) is 36.8 Å². The summed E-state index contributed by atoms with van der Waals surface area (Å²) in [5.74, 6) is -1.50. The molecule has 0 aliphatic heterocycles. The van der Waals surface area contributed by atoms with Crippen LogP contribution in [0.3, 0.4) is 0 Å². The van der Waals surface area contributed by atoms with E-state index in [1.807, 2.05) is 47.9 Å². The van der Waals surface area contributed by atoms with Crippen molar-refractivity contribution in [3.63, 3.8) is 0 Å². The van der Waals surface area contributed by atoms with Gasteiger partial charge in [-0.2, -0.15) is 0 Å². The van der Waals surface area contributed by atoms with Crippen molar-refractivity contribution in [2.24, 2.45) is 0 Å². The summed E-state index contributed by atoms with van der Waals surface area (Å²) in [7, 11) is 0. The van der Waals surface area contributed by atoms with Crippen molar-refractivity contribution in [1.82, 2.24) is 10.3 Å². The van der Waals surface area contributed by atoms with E-state index < -0.39 is 17.9 Å². The maximum atomic E-state index is 12.2. The smallest absolute Gasteiger partial charge is 0.325 e. The van der Waals surface area contributed by atoms with Gasteiger partial charge in [-0.3, -0.25) is 9.59 Å². The lowest BCUT2D eigenvalue weighted by Crippen LogP contribution is -2.38. The molecule has 6 nitrogen and oxygen atoms in total. The highest BCUT2D eigenvalue weighted by Crippen LogP contribution is 2.29. The zero-order valence-corrected chi connectivity index (χ0v) is 18.5. The highest BCUT2D eigenvalue weighted by molar-refractivity contribution is 7.14. The van der Waals surface area contributed by atoms with Crippen LogP contribution in [0.2, 0.25) is 5.02 Å². The van der Waals surface area contributed by atoms with E-state index in [0.29, 0.717) is 23.7 Å². The Kier molecular flexibility index (Phi) is 7.44. The number of anilines is 1. The second-order valence-corrected chi connectivity index (χ2v) is 8.19. The van der Waals surface area contributed by atoms with Crippen LogP contribution in [0.1, 0.15) is 22.8 Å². The van der Waals surface area contributed by atoms with Crippen molar-refractivity contribution in [2.45, 2.75) is 19.5 Å². The Labute approximate surface area is 189 Å². The van der Waals surface area contributed by atoms with Crippen molar-refractivity contribution in [2.75, 3.05) is 11.4 Å². The molecule has 2 N–H and O–H groups in total. The van der Waals surface area contributed by atoms with Crippen LogP contribution in [0.5, 0.6) is 0 Å². The van der Waals surface area contributed by atoms with Gasteiger partial charge in [0.1, 0.15) is 6.04 Å². The Balaban J connectivity index is 1.72. The molecular formula is C23H22ClN3O3S. The molecule has 0 aliphatic carbocycles. The molecule has 0 saturated heterocycles. The maximum Gasteiger partial charge on any atom is 0.325 e. The number of thiazole rings is 1. The molecule has 1 heterocycles. The van der Waals surface area contributed by atoms with Gasteiger partial charge in [0.2, 0.25) is 0 Å². The zero-order chi connectivity index (χ0) is 22.4. The highest BCUT2D eigenvalue weighted by atomic mass is 35.5. The first-order valence-corrected chi connectivity index (χ1v) is 10.8. The average molecular weight is 456 g/mol. The van der Waals surface area contributed by atoms with Crippen LogP contribution in [0.4, 0.5) is 5.13 Å². The fraction of sp³-hybridized carbons (Fsp3) is 0.174. The van der Waals surface area contributed by atoms with Crippen molar-refractivity contribution < 1.29 is 14.7 Å². The molecule has 0 spiro atoms. The number of nitrogens with zero attached hydrogens (tertiary/aromatic N) is 2. The molecule has 1 unspecified atom stereocenters. The first-order valence-electron chi connectivity index (χ1n) is 9.57. The number of carbonyl (C=O) groups excluding carboxylic acids is 1. The summed E-state index contributed by atoms with van der Waals surface area (Å²) < 4.78 is 0. The number of carboxylic acids is 1. The van der Waals surface area contributed by atoms with Gasteiger partial charge >= 0.3 is 5.97 Å². The van der Waals surface area contributed by atoms with Crippen LogP contribution in [-0.2, 0) is 11.3 Å². The van der Waals surface area contributed by atoms with E-state index in [0.717, 1.165) is 22.0 Å². The Morgan fingerprint density at radius 2 is 1.90 bits per heavy atom. The fourth-order valence-corrected chi connectivity index (χ4v) is 3.82. The standard InChI is InChI=1S/C23H22ClN3O3S/c1-3-12-27(23-26-20(14-31-23)17-8-10-19(24)11-9-17)13-16-4-6-18(7-5-16)21(28)25-15(2)22(29)30/h3-11,14-15H,1,12-13H2,2H3,(H,25,28)(H,29,30). The molecule has 3 rings (SSSR count). The van der Waals surface area contributed by atoms with Crippen LogP contribution in [0, 0.1) is 0 Å². The number of carbonyl (C=O) groups is 2. The van der Waals surface area contributed by atoms with E-state index >= 15 is 0 Å². The van der Waals surface area contributed by atoms with E-state index in [4.69, 9.17) is 21.7 Å². The fourth-order valence-electron chi connectivity index (χ4n) is 2.85. The Bertz CT molecular complexity index is 1060. The average Bonchev–Trinajstić information content (AvgIpc) is 3.24. The number of rotatable bonds is 9. The first kappa shape index (κ1) is 22.5. The lowest BCUT2D eigenvalue weighted by Gasteiger charge is -2.20. The summed E-state index contributed by atoms with van der Waals surface area (Å²) in [6.07, 6.45) is 1.82. The number of amides is 1. The third kappa shape index (κ3) is 5.93. The second kappa shape index (κ2) is 10.2. The van der Waals surface area contributed by atoms with E-state index in [9.17, 15) is 9.59 Å². The minimum atomic E-state index is -1.08. The molecule has 2 aromatic carbocycles. The van der Waals surface area contributed by atoms with Crippen molar-refractivity contribution in [1.29, 1.82) is 0 Å². The topological polar surface area (TPSA) is 82.5 Å². The number of hydrogen-bond donors (Lipinski definition) is 2. The summed E-state index contributed by atoms with van der Waals surface area (Å²) in [6.45, 7) is 6.47. The van der Waals surface area contributed by atoms with Crippen LogP contribution in [-0.4, -0.2) is 34.6 Å².